The number of aromatic amines is 1. The summed E-state index contributed by atoms with van der Waals surface area (Å²) in [7, 11) is 0. The van der Waals surface area contributed by atoms with Gasteiger partial charge in [0.25, 0.3) is 5.56 Å². The zero-order valence-corrected chi connectivity index (χ0v) is 13.5. The monoisotopic (exact) mass is 335 g/mol. The van der Waals surface area contributed by atoms with Gasteiger partial charge in [0.1, 0.15) is 0 Å². The number of carbonyl (C=O) groups excluding carboxylic acids is 2. The second-order valence-corrected chi connectivity index (χ2v) is 5.65. The van der Waals surface area contributed by atoms with E-state index in [1.807, 2.05) is 24.3 Å². The van der Waals surface area contributed by atoms with Crippen LogP contribution in [0.4, 0.5) is 0 Å². The first-order valence-electron chi connectivity index (χ1n) is 7.94. The van der Waals surface area contributed by atoms with Crippen molar-refractivity contribution in [3.05, 3.63) is 76.3 Å². The van der Waals surface area contributed by atoms with E-state index in [9.17, 15) is 14.4 Å². The van der Waals surface area contributed by atoms with Crippen LogP contribution >= 0.6 is 0 Å². The van der Waals surface area contributed by atoms with Crippen molar-refractivity contribution in [3.63, 3.8) is 0 Å². The van der Waals surface area contributed by atoms with Gasteiger partial charge >= 0.3 is 0 Å². The molecule has 126 valence electrons. The Labute approximate surface area is 143 Å². The number of para-hydroxylation sites is 1. The molecule has 0 spiro atoms. The Hall–Kier alpha value is -3.28. The second kappa shape index (κ2) is 7.53. The summed E-state index contributed by atoms with van der Waals surface area (Å²) >= 11 is 0. The molecule has 0 atom stereocenters. The standard InChI is InChI=1S/C19H17N3O3/c23-17(14-5-3-9-20-11-14)7-8-18(24)21-12-15-10-13-4-1-2-6-16(13)22-19(15)25/h1-6,9-11H,7-8,12H2,(H,21,24)(H,22,25). The molecule has 3 rings (SSSR count). The van der Waals surface area contributed by atoms with Gasteiger partial charge in [-0.15, -0.1) is 0 Å². The number of H-pyrrole nitrogens is 1. The average Bonchev–Trinajstić information content (AvgIpc) is 2.65. The van der Waals surface area contributed by atoms with Crippen LogP contribution in [0.1, 0.15) is 28.8 Å². The molecule has 0 aliphatic rings. The number of nitrogens with one attached hydrogen (secondary N) is 2. The zero-order valence-electron chi connectivity index (χ0n) is 13.5. The van der Waals surface area contributed by atoms with E-state index in [0.29, 0.717) is 11.1 Å². The maximum Gasteiger partial charge on any atom is 0.253 e. The summed E-state index contributed by atoms with van der Waals surface area (Å²) in [5.41, 5.74) is 1.49. The van der Waals surface area contributed by atoms with E-state index in [1.54, 1.807) is 24.4 Å². The predicted molar refractivity (Wildman–Crippen MR) is 94.2 cm³/mol. The summed E-state index contributed by atoms with van der Waals surface area (Å²) in [6.07, 6.45) is 3.24. The molecule has 2 aromatic heterocycles. The lowest BCUT2D eigenvalue weighted by molar-refractivity contribution is -0.121. The largest absolute Gasteiger partial charge is 0.352 e. The third-order valence-corrected chi connectivity index (χ3v) is 3.87. The van der Waals surface area contributed by atoms with Crippen molar-refractivity contribution < 1.29 is 9.59 Å². The van der Waals surface area contributed by atoms with E-state index in [2.05, 4.69) is 15.3 Å². The van der Waals surface area contributed by atoms with Crippen LogP contribution in [0.3, 0.4) is 0 Å². The summed E-state index contributed by atoms with van der Waals surface area (Å²) < 4.78 is 0. The van der Waals surface area contributed by atoms with E-state index >= 15 is 0 Å². The number of fused-ring (bicyclic) bond motifs is 1. The summed E-state index contributed by atoms with van der Waals surface area (Å²) in [6.45, 7) is 0.125. The van der Waals surface area contributed by atoms with Crippen molar-refractivity contribution in [2.24, 2.45) is 0 Å². The molecule has 0 unspecified atom stereocenters. The van der Waals surface area contributed by atoms with Gasteiger partial charge in [0, 0.05) is 48.4 Å². The molecule has 0 bridgehead atoms. The van der Waals surface area contributed by atoms with Crippen molar-refractivity contribution in [2.45, 2.75) is 19.4 Å². The molecule has 6 heteroatoms. The molecule has 2 N–H and O–H groups in total. The van der Waals surface area contributed by atoms with Gasteiger partial charge < -0.3 is 10.3 Å². The van der Waals surface area contributed by atoms with Crippen LogP contribution in [0, 0.1) is 0 Å². The van der Waals surface area contributed by atoms with Crippen LogP contribution in [-0.2, 0) is 11.3 Å². The van der Waals surface area contributed by atoms with Gasteiger partial charge in [-0.3, -0.25) is 19.4 Å². The number of hydrogen-bond donors (Lipinski definition) is 2. The first kappa shape index (κ1) is 16.6. The quantitative estimate of drug-likeness (QED) is 0.676. The van der Waals surface area contributed by atoms with Crippen molar-refractivity contribution in [3.8, 4) is 0 Å². The lowest BCUT2D eigenvalue weighted by Crippen LogP contribution is -2.27. The Morgan fingerprint density at radius 1 is 1.08 bits per heavy atom. The number of Topliss-reactive ketones (excluding diaryl/α,β-unsaturated/α-hetero) is 1. The lowest BCUT2D eigenvalue weighted by atomic mass is 10.1. The fourth-order valence-corrected chi connectivity index (χ4v) is 2.51. The van der Waals surface area contributed by atoms with E-state index in [0.717, 1.165) is 10.9 Å². The summed E-state index contributed by atoms with van der Waals surface area (Å²) in [5.74, 6) is -0.406. The third kappa shape index (κ3) is 4.17. The molecular formula is C19H17N3O3. The summed E-state index contributed by atoms with van der Waals surface area (Å²) in [4.78, 5) is 42.6. The molecule has 0 saturated heterocycles. The molecule has 1 amide bonds. The number of benzene rings is 1. The first-order valence-corrected chi connectivity index (χ1v) is 7.94. The summed E-state index contributed by atoms with van der Waals surface area (Å²) in [5, 5.41) is 3.59. The lowest BCUT2D eigenvalue weighted by Gasteiger charge is -2.06. The van der Waals surface area contributed by atoms with Crippen molar-refractivity contribution in [1.29, 1.82) is 0 Å². The third-order valence-electron chi connectivity index (χ3n) is 3.87. The minimum absolute atomic E-state index is 0.0687. The highest BCUT2D eigenvalue weighted by atomic mass is 16.2. The molecule has 25 heavy (non-hydrogen) atoms. The van der Waals surface area contributed by atoms with Gasteiger partial charge in [-0.2, -0.15) is 0 Å². The van der Waals surface area contributed by atoms with E-state index in [-0.39, 0.29) is 36.6 Å². The molecule has 0 aliphatic carbocycles. The Morgan fingerprint density at radius 2 is 1.92 bits per heavy atom. The average molecular weight is 335 g/mol. The smallest absolute Gasteiger partial charge is 0.253 e. The van der Waals surface area contributed by atoms with Gasteiger partial charge in [0.2, 0.25) is 5.91 Å². The Morgan fingerprint density at radius 3 is 2.72 bits per heavy atom. The van der Waals surface area contributed by atoms with Crippen molar-refractivity contribution in [1.82, 2.24) is 15.3 Å². The minimum atomic E-state index is -0.273. The van der Waals surface area contributed by atoms with Crippen molar-refractivity contribution in [2.75, 3.05) is 0 Å². The minimum Gasteiger partial charge on any atom is -0.352 e. The Balaban J connectivity index is 1.56. The van der Waals surface area contributed by atoms with Gasteiger partial charge in [0.05, 0.1) is 0 Å². The topological polar surface area (TPSA) is 91.9 Å². The van der Waals surface area contributed by atoms with E-state index < -0.39 is 0 Å². The maximum absolute atomic E-state index is 12.0. The van der Waals surface area contributed by atoms with Crippen LogP contribution < -0.4 is 10.9 Å². The molecule has 3 aromatic rings. The molecule has 6 nitrogen and oxygen atoms in total. The van der Waals surface area contributed by atoms with Crippen LogP contribution in [0.5, 0.6) is 0 Å². The number of aromatic nitrogens is 2. The van der Waals surface area contributed by atoms with Crippen LogP contribution in [0.25, 0.3) is 10.9 Å². The molecule has 0 fully saturated rings. The molecule has 2 heterocycles. The number of carbonyl (C=O) groups is 2. The fourth-order valence-electron chi connectivity index (χ4n) is 2.51. The van der Waals surface area contributed by atoms with Gasteiger partial charge in [0.15, 0.2) is 5.78 Å². The highest BCUT2D eigenvalue weighted by molar-refractivity contribution is 5.97. The highest BCUT2D eigenvalue weighted by Gasteiger charge is 2.10. The molecule has 0 saturated carbocycles. The van der Waals surface area contributed by atoms with E-state index in [4.69, 9.17) is 0 Å². The Kier molecular flexibility index (Phi) is 4.99. The van der Waals surface area contributed by atoms with Gasteiger partial charge in [-0.25, -0.2) is 0 Å². The Bertz CT molecular complexity index is 964. The van der Waals surface area contributed by atoms with Crippen LogP contribution in [0.15, 0.2) is 59.7 Å². The fraction of sp³-hybridized carbons (Fsp3) is 0.158. The van der Waals surface area contributed by atoms with E-state index in [1.165, 1.54) is 6.20 Å². The van der Waals surface area contributed by atoms with Crippen LogP contribution in [0.2, 0.25) is 0 Å². The SMILES string of the molecule is O=C(CCC(=O)c1cccnc1)NCc1cc2ccccc2[nH]c1=O. The number of rotatable bonds is 6. The molecule has 0 aliphatic heterocycles. The maximum atomic E-state index is 12.0. The number of hydrogen-bond acceptors (Lipinski definition) is 4. The highest BCUT2D eigenvalue weighted by Crippen LogP contribution is 2.10. The number of nitrogens with zero attached hydrogens (tertiary/aromatic N) is 1. The van der Waals surface area contributed by atoms with Crippen LogP contribution in [-0.4, -0.2) is 21.7 Å². The first-order chi connectivity index (χ1) is 12.1. The number of pyridine rings is 2. The van der Waals surface area contributed by atoms with Gasteiger partial charge in [-0.05, 0) is 29.7 Å². The van der Waals surface area contributed by atoms with Crippen molar-refractivity contribution >= 4 is 22.6 Å². The molecule has 0 radical (unpaired) electrons. The van der Waals surface area contributed by atoms with Gasteiger partial charge in [-0.1, -0.05) is 18.2 Å². The molecular weight excluding hydrogens is 318 g/mol. The number of ketones is 1. The second-order valence-electron chi connectivity index (χ2n) is 5.65. The zero-order chi connectivity index (χ0) is 17.6. The number of amides is 1. The molecule has 1 aromatic carbocycles. The summed E-state index contributed by atoms with van der Waals surface area (Å²) in [6, 6.07) is 12.6. The predicted octanol–water partition coefficient (Wildman–Crippen LogP) is 2.20. The normalized spacial score (nSPS) is 10.6.